The summed E-state index contributed by atoms with van der Waals surface area (Å²) in [6.07, 6.45) is 3.27. The number of hydrogen-bond acceptors (Lipinski definition) is 4. The van der Waals surface area contributed by atoms with Crippen LogP contribution >= 0.6 is 11.8 Å². The summed E-state index contributed by atoms with van der Waals surface area (Å²) in [5.74, 6) is 0.157. The molecule has 2 aromatic rings. The average molecular weight is 341 g/mol. The molecular weight excluding hydrogens is 322 g/mol. The largest absolute Gasteiger partial charge is 0.350 e. The molecule has 0 spiro atoms. The number of fused-ring (bicyclic) bond motifs is 1. The van der Waals surface area contributed by atoms with E-state index in [0.717, 1.165) is 29.8 Å². The monoisotopic (exact) mass is 341 g/mol. The van der Waals surface area contributed by atoms with Gasteiger partial charge in [-0.3, -0.25) is 14.6 Å². The molecular formula is C18H19N3O2S. The van der Waals surface area contributed by atoms with Crippen molar-refractivity contribution in [2.24, 2.45) is 0 Å². The van der Waals surface area contributed by atoms with Crippen molar-refractivity contribution >= 4 is 29.3 Å². The molecule has 2 N–H and O–H groups in total. The maximum Gasteiger partial charge on any atom is 0.237 e. The Morgan fingerprint density at radius 3 is 2.92 bits per heavy atom. The van der Waals surface area contributed by atoms with E-state index >= 15 is 0 Å². The number of nitrogens with one attached hydrogen (secondary N) is 2. The Morgan fingerprint density at radius 1 is 1.25 bits per heavy atom. The van der Waals surface area contributed by atoms with Crippen LogP contribution in [0, 0.1) is 0 Å². The summed E-state index contributed by atoms with van der Waals surface area (Å²) in [6, 6.07) is 13.4. The number of aryl methyl sites for hydroxylation is 1. The predicted octanol–water partition coefficient (Wildman–Crippen LogP) is 2.38. The first kappa shape index (κ1) is 16.5. The van der Waals surface area contributed by atoms with E-state index in [4.69, 9.17) is 0 Å². The van der Waals surface area contributed by atoms with Gasteiger partial charge in [0.2, 0.25) is 11.8 Å². The highest BCUT2D eigenvalue weighted by molar-refractivity contribution is 8.01. The van der Waals surface area contributed by atoms with Crippen LogP contribution in [-0.4, -0.2) is 27.8 Å². The van der Waals surface area contributed by atoms with Gasteiger partial charge in [-0.1, -0.05) is 24.3 Å². The number of para-hydroxylation sites is 1. The van der Waals surface area contributed by atoms with Crippen molar-refractivity contribution in [3.63, 3.8) is 0 Å². The van der Waals surface area contributed by atoms with Gasteiger partial charge in [0.05, 0.1) is 23.2 Å². The molecule has 2 amide bonds. The second-order valence-corrected chi connectivity index (χ2v) is 6.77. The molecule has 0 aliphatic carbocycles. The third kappa shape index (κ3) is 4.35. The van der Waals surface area contributed by atoms with Crippen LogP contribution < -0.4 is 10.6 Å². The Hall–Kier alpha value is -2.34. The Balaban J connectivity index is 1.48. The van der Waals surface area contributed by atoms with Crippen molar-refractivity contribution in [3.8, 4) is 0 Å². The van der Waals surface area contributed by atoms with Crippen LogP contribution in [0.15, 0.2) is 48.7 Å². The second kappa shape index (κ2) is 7.97. The molecule has 124 valence electrons. The fourth-order valence-corrected chi connectivity index (χ4v) is 3.52. The topological polar surface area (TPSA) is 71.1 Å². The smallest absolute Gasteiger partial charge is 0.237 e. The summed E-state index contributed by atoms with van der Waals surface area (Å²) < 4.78 is 0. The van der Waals surface area contributed by atoms with Gasteiger partial charge in [0, 0.05) is 11.9 Å². The summed E-state index contributed by atoms with van der Waals surface area (Å²) in [5.41, 5.74) is 2.84. The summed E-state index contributed by atoms with van der Waals surface area (Å²) in [7, 11) is 0. The van der Waals surface area contributed by atoms with Gasteiger partial charge in [-0.05, 0) is 36.6 Å². The maximum absolute atomic E-state index is 12.3. The number of rotatable bonds is 5. The Bertz CT molecular complexity index is 721. The zero-order valence-corrected chi connectivity index (χ0v) is 14.0. The molecule has 0 saturated heterocycles. The molecule has 0 saturated carbocycles. The fourth-order valence-electron chi connectivity index (χ4n) is 2.57. The van der Waals surface area contributed by atoms with Crippen molar-refractivity contribution in [2.75, 3.05) is 11.1 Å². The third-order valence-corrected chi connectivity index (χ3v) is 5.13. The number of thioether (sulfide) groups is 1. The number of amides is 2. The summed E-state index contributed by atoms with van der Waals surface area (Å²) >= 11 is 1.39. The molecule has 0 fully saturated rings. The molecule has 2 heterocycles. The minimum Gasteiger partial charge on any atom is -0.350 e. The molecule has 1 aromatic heterocycles. The highest BCUT2D eigenvalue weighted by atomic mass is 32.2. The minimum absolute atomic E-state index is 0.0255. The highest BCUT2D eigenvalue weighted by Gasteiger charge is 2.24. The number of carbonyl (C=O) groups is 2. The normalized spacial score (nSPS) is 16.7. The van der Waals surface area contributed by atoms with Gasteiger partial charge in [0.15, 0.2) is 0 Å². The van der Waals surface area contributed by atoms with Crippen LogP contribution in [-0.2, 0) is 22.6 Å². The van der Waals surface area contributed by atoms with Crippen LogP contribution in [0.2, 0.25) is 0 Å². The van der Waals surface area contributed by atoms with Crippen molar-refractivity contribution in [1.29, 1.82) is 0 Å². The summed E-state index contributed by atoms with van der Waals surface area (Å²) in [4.78, 5) is 28.4. The van der Waals surface area contributed by atoms with E-state index in [1.807, 2.05) is 42.5 Å². The van der Waals surface area contributed by atoms with Crippen molar-refractivity contribution in [3.05, 3.63) is 59.9 Å². The van der Waals surface area contributed by atoms with Gasteiger partial charge >= 0.3 is 0 Å². The zero-order chi connectivity index (χ0) is 16.8. The van der Waals surface area contributed by atoms with Gasteiger partial charge in [-0.25, -0.2) is 0 Å². The molecule has 24 heavy (non-hydrogen) atoms. The van der Waals surface area contributed by atoms with E-state index in [0.29, 0.717) is 6.54 Å². The van der Waals surface area contributed by atoms with Gasteiger partial charge in [-0.2, -0.15) is 0 Å². The van der Waals surface area contributed by atoms with E-state index in [9.17, 15) is 9.59 Å². The standard InChI is InChI=1S/C18H19N3O2S/c22-17(20-11-14-6-3-4-10-19-14)12-24-16-9-8-13-5-1-2-7-15(13)21-18(16)23/h1-7,10,16H,8-9,11-12H2,(H,20,22)(H,21,23). The first-order valence-electron chi connectivity index (χ1n) is 7.89. The maximum atomic E-state index is 12.3. The van der Waals surface area contributed by atoms with Crippen LogP contribution in [0.4, 0.5) is 5.69 Å². The lowest BCUT2D eigenvalue weighted by molar-refractivity contribution is -0.118. The molecule has 1 unspecified atom stereocenters. The van der Waals surface area contributed by atoms with Gasteiger partial charge in [0.1, 0.15) is 0 Å². The van der Waals surface area contributed by atoms with Crippen LogP contribution in [0.5, 0.6) is 0 Å². The zero-order valence-electron chi connectivity index (χ0n) is 13.2. The van der Waals surface area contributed by atoms with Crippen LogP contribution in [0.1, 0.15) is 17.7 Å². The lowest BCUT2D eigenvalue weighted by atomic mass is 10.1. The summed E-state index contributed by atoms with van der Waals surface area (Å²) in [5, 5.41) is 5.57. The van der Waals surface area contributed by atoms with Gasteiger partial charge in [-0.15, -0.1) is 11.8 Å². The van der Waals surface area contributed by atoms with Gasteiger partial charge in [0.25, 0.3) is 0 Å². The molecule has 0 bridgehead atoms. The number of pyridine rings is 1. The van der Waals surface area contributed by atoms with E-state index < -0.39 is 0 Å². The van der Waals surface area contributed by atoms with Crippen molar-refractivity contribution in [1.82, 2.24) is 10.3 Å². The minimum atomic E-state index is -0.210. The Morgan fingerprint density at radius 2 is 2.08 bits per heavy atom. The number of anilines is 1. The molecule has 5 nitrogen and oxygen atoms in total. The molecule has 1 aliphatic rings. The molecule has 3 rings (SSSR count). The number of benzene rings is 1. The van der Waals surface area contributed by atoms with Crippen LogP contribution in [0.3, 0.4) is 0 Å². The quantitative estimate of drug-likeness (QED) is 0.876. The van der Waals surface area contributed by atoms with E-state index in [1.54, 1.807) is 6.20 Å². The first-order valence-corrected chi connectivity index (χ1v) is 8.94. The number of hydrogen-bond donors (Lipinski definition) is 2. The molecule has 0 radical (unpaired) electrons. The number of nitrogens with zero attached hydrogens (tertiary/aromatic N) is 1. The van der Waals surface area contributed by atoms with Crippen molar-refractivity contribution in [2.45, 2.75) is 24.6 Å². The van der Waals surface area contributed by atoms with Crippen molar-refractivity contribution < 1.29 is 9.59 Å². The first-order chi connectivity index (χ1) is 11.7. The lowest BCUT2D eigenvalue weighted by Gasteiger charge is -2.12. The number of carbonyl (C=O) groups excluding carboxylic acids is 2. The third-order valence-electron chi connectivity index (χ3n) is 3.85. The van der Waals surface area contributed by atoms with E-state index in [1.165, 1.54) is 11.8 Å². The predicted molar refractivity (Wildman–Crippen MR) is 95.7 cm³/mol. The SMILES string of the molecule is O=C(CSC1CCc2ccccc2NC1=O)NCc1ccccn1. The Kier molecular flexibility index (Phi) is 5.48. The highest BCUT2D eigenvalue weighted by Crippen LogP contribution is 2.26. The second-order valence-electron chi connectivity index (χ2n) is 5.58. The molecule has 6 heteroatoms. The van der Waals surface area contributed by atoms with Gasteiger partial charge < -0.3 is 10.6 Å². The molecule has 1 atom stereocenters. The van der Waals surface area contributed by atoms with E-state index in [2.05, 4.69) is 15.6 Å². The van der Waals surface area contributed by atoms with Crippen LogP contribution in [0.25, 0.3) is 0 Å². The van der Waals surface area contributed by atoms with E-state index in [-0.39, 0.29) is 22.8 Å². The lowest BCUT2D eigenvalue weighted by Crippen LogP contribution is -2.29. The molecule has 1 aromatic carbocycles. The number of aromatic nitrogens is 1. The Labute approximate surface area is 145 Å². The molecule has 1 aliphatic heterocycles. The fraction of sp³-hybridized carbons (Fsp3) is 0.278. The average Bonchev–Trinajstić information content (AvgIpc) is 2.77. The summed E-state index contributed by atoms with van der Waals surface area (Å²) in [6.45, 7) is 0.405.